The predicted molar refractivity (Wildman–Crippen MR) is 62.9 cm³/mol. The maximum Gasteiger partial charge on any atom is 0.349 e. The van der Waals surface area contributed by atoms with Gasteiger partial charge in [-0.05, 0) is 18.2 Å². The van der Waals surface area contributed by atoms with Gasteiger partial charge < -0.3 is 5.73 Å². The molecule has 0 spiro atoms. The lowest BCUT2D eigenvalue weighted by molar-refractivity contribution is 0.626. The first-order valence-corrected chi connectivity index (χ1v) is 5.02. The van der Waals surface area contributed by atoms with Gasteiger partial charge in [0, 0.05) is 0 Å². The Bertz CT molecular complexity index is 717. The van der Waals surface area contributed by atoms with Gasteiger partial charge in [0.15, 0.2) is 0 Å². The number of nitrogens with one attached hydrogen (secondary N) is 2. The van der Waals surface area contributed by atoms with Gasteiger partial charge in [-0.2, -0.15) is 0 Å². The van der Waals surface area contributed by atoms with Crippen molar-refractivity contribution >= 4 is 0 Å². The van der Waals surface area contributed by atoms with E-state index in [1.807, 2.05) is 0 Å². The van der Waals surface area contributed by atoms with Crippen LogP contribution >= 0.6 is 0 Å². The summed E-state index contributed by atoms with van der Waals surface area (Å²) in [5, 5.41) is 4.27. The van der Waals surface area contributed by atoms with Crippen molar-refractivity contribution in [1.82, 2.24) is 14.8 Å². The molecule has 4 N–H and O–H groups in total. The molecule has 1 aromatic carbocycles. The number of rotatable bonds is 1. The minimum atomic E-state index is -0.651. The minimum absolute atomic E-state index is 0.0916. The second-order valence-corrected chi connectivity index (χ2v) is 3.36. The molecule has 18 heavy (non-hydrogen) atoms. The smallest absolute Gasteiger partial charge is 0.320 e. The molecule has 0 bridgehead atoms. The Morgan fingerprint density at radius 1 is 1.28 bits per heavy atom. The summed E-state index contributed by atoms with van der Waals surface area (Å²) >= 11 is 0. The average molecular weight is 248 g/mol. The van der Waals surface area contributed by atoms with Crippen molar-refractivity contribution in [3.05, 3.63) is 50.5 Å². The number of nitrogens with two attached hydrogens (primary N) is 1. The molecule has 0 fully saturated rings. The van der Waals surface area contributed by atoms with Crippen molar-refractivity contribution in [2.75, 3.05) is 6.54 Å². The van der Waals surface area contributed by atoms with Crippen molar-refractivity contribution in [1.29, 1.82) is 0 Å². The van der Waals surface area contributed by atoms with Gasteiger partial charge in [-0.1, -0.05) is 11.8 Å². The molecule has 0 aliphatic carbocycles. The van der Waals surface area contributed by atoms with E-state index in [4.69, 9.17) is 5.73 Å². The molecule has 0 saturated heterocycles. The Labute approximate surface area is 100 Å². The highest BCUT2D eigenvalue weighted by molar-refractivity contribution is 5.51. The number of aromatic amines is 2. The Balaban J connectivity index is 2.72. The highest BCUT2D eigenvalue weighted by atomic mass is 19.1. The Kier molecular flexibility index (Phi) is 3.12. The molecule has 0 unspecified atom stereocenters. The standard InChI is InChI=1S/C11H9FN4O2/c12-8-3-4-9(7(6-8)2-1-5-13)16-10(17)14-15-11(16)18/h3-4,6H,5,13H2,(H,14,17)(H,15,18). The first-order chi connectivity index (χ1) is 8.63. The van der Waals surface area contributed by atoms with Crippen LogP contribution in [0.3, 0.4) is 0 Å². The molecule has 1 aromatic heterocycles. The van der Waals surface area contributed by atoms with Crippen LogP contribution in [0.15, 0.2) is 27.8 Å². The normalized spacial score (nSPS) is 9.89. The lowest BCUT2D eigenvalue weighted by atomic mass is 10.1. The van der Waals surface area contributed by atoms with E-state index in [9.17, 15) is 14.0 Å². The second kappa shape index (κ2) is 4.73. The van der Waals surface area contributed by atoms with Gasteiger partial charge >= 0.3 is 11.4 Å². The number of nitrogens with zero attached hydrogens (tertiary/aromatic N) is 1. The second-order valence-electron chi connectivity index (χ2n) is 3.36. The molecular weight excluding hydrogens is 239 g/mol. The van der Waals surface area contributed by atoms with E-state index in [-0.39, 0.29) is 17.8 Å². The Morgan fingerprint density at radius 2 is 1.94 bits per heavy atom. The molecule has 0 aliphatic heterocycles. The fourth-order valence-electron chi connectivity index (χ4n) is 1.48. The average Bonchev–Trinajstić information content (AvgIpc) is 2.67. The summed E-state index contributed by atoms with van der Waals surface area (Å²) in [7, 11) is 0. The van der Waals surface area contributed by atoms with E-state index in [2.05, 4.69) is 22.0 Å². The van der Waals surface area contributed by atoms with E-state index in [0.717, 1.165) is 16.7 Å². The molecule has 6 nitrogen and oxygen atoms in total. The van der Waals surface area contributed by atoms with E-state index in [0.29, 0.717) is 0 Å². The van der Waals surface area contributed by atoms with Crippen molar-refractivity contribution in [2.45, 2.75) is 0 Å². The zero-order valence-corrected chi connectivity index (χ0v) is 9.16. The highest BCUT2D eigenvalue weighted by Crippen LogP contribution is 2.12. The zero-order chi connectivity index (χ0) is 13.1. The van der Waals surface area contributed by atoms with E-state index in [1.54, 1.807) is 0 Å². The van der Waals surface area contributed by atoms with Crippen molar-refractivity contribution in [3.8, 4) is 17.5 Å². The molecular formula is C11H9FN4O2. The lowest BCUT2D eigenvalue weighted by Crippen LogP contribution is -2.25. The maximum absolute atomic E-state index is 13.1. The third kappa shape index (κ3) is 2.09. The Hall–Kier alpha value is -2.59. The summed E-state index contributed by atoms with van der Waals surface area (Å²) in [5.41, 5.74) is 4.35. The third-order valence-corrected chi connectivity index (χ3v) is 2.21. The van der Waals surface area contributed by atoms with Gasteiger partial charge in [0.25, 0.3) is 0 Å². The summed E-state index contributed by atoms with van der Waals surface area (Å²) in [4.78, 5) is 22.9. The summed E-state index contributed by atoms with van der Waals surface area (Å²) in [6.07, 6.45) is 0. The first kappa shape index (κ1) is 11.9. The molecule has 2 aromatic rings. The molecule has 0 saturated carbocycles. The number of halogens is 1. The Morgan fingerprint density at radius 3 is 2.56 bits per heavy atom. The quantitative estimate of drug-likeness (QED) is 0.582. The van der Waals surface area contributed by atoms with Gasteiger partial charge in [-0.15, -0.1) is 0 Å². The van der Waals surface area contributed by atoms with E-state index in [1.165, 1.54) is 6.07 Å². The topological polar surface area (TPSA) is 96.7 Å². The van der Waals surface area contributed by atoms with Crippen molar-refractivity contribution in [2.24, 2.45) is 5.73 Å². The van der Waals surface area contributed by atoms with Crippen LogP contribution in [0.4, 0.5) is 4.39 Å². The van der Waals surface area contributed by atoms with E-state index < -0.39 is 17.2 Å². The van der Waals surface area contributed by atoms with Crippen LogP contribution in [0.25, 0.3) is 5.69 Å². The number of hydrogen-bond acceptors (Lipinski definition) is 3. The van der Waals surface area contributed by atoms with Crippen LogP contribution in [0.2, 0.25) is 0 Å². The van der Waals surface area contributed by atoms with Crippen LogP contribution in [0, 0.1) is 17.7 Å². The van der Waals surface area contributed by atoms with E-state index >= 15 is 0 Å². The van der Waals surface area contributed by atoms with Gasteiger partial charge in [-0.25, -0.2) is 28.7 Å². The molecule has 7 heteroatoms. The van der Waals surface area contributed by atoms with Crippen molar-refractivity contribution < 1.29 is 4.39 Å². The number of benzene rings is 1. The van der Waals surface area contributed by atoms with Crippen LogP contribution in [0.5, 0.6) is 0 Å². The fourth-order valence-corrected chi connectivity index (χ4v) is 1.48. The summed E-state index contributed by atoms with van der Waals surface area (Å²) in [6.45, 7) is 0.0916. The number of aromatic nitrogens is 3. The zero-order valence-electron chi connectivity index (χ0n) is 9.16. The number of H-pyrrole nitrogens is 2. The molecule has 0 amide bonds. The van der Waals surface area contributed by atoms with Crippen LogP contribution < -0.4 is 17.1 Å². The third-order valence-electron chi connectivity index (χ3n) is 2.21. The largest absolute Gasteiger partial charge is 0.349 e. The summed E-state index contributed by atoms with van der Waals surface area (Å²) < 4.78 is 14.0. The first-order valence-electron chi connectivity index (χ1n) is 5.02. The van der Waals surface area contributed by atoms with Gasteiger partial charge in [0.1, 0.15) is 5.82 Å². The molecule has 0 radical (unpaired) electrons. The van der Waals surface area contributed by atoms with Crippen LogP contribution in [-0.2, 0) is 0 Å². The van der Waals surface area contributed by atoms with Crippen molar-refractivity contribution in [3.63, 3.8) is 0 Å². The SMILES string of the molecule is NCC#Cc1cc(F)ccc1-n1c(=O)[nH][nH]c1=O. The lowest BCUT2D eigenvalue weighted by Gasteiger charge is -2.02. The summed E-state index contributed by atoms with van der Waals surface area (Å²) in [5.74, 6) is 4.65. The van der Waals surface area contributed by atoms with Gasteiger partial charge in [0.2, 0.25) is 0 Å². The molecule has 2 rings (SSSR count). The molecule has 0 aliphatic rings. The highest BCUT2D eigenvalue weighted by Gasteiger charge is 2.10. The monoisotopic (exact) mass is 248 g/mol. The molecule has 0 atom stereocenters. The van der Waals surface area contributed by atoms with Gasteiger partial charge in [0.05, 0.1) is 17.8 Å². The predicted octanol–water partition coefficient (Wildman–Crippen LogP) is -0.697. The van der Waals surface area contributed by atoms with Crippen LogP contribution in [0.1, 0.15) is 5.56 Å². The van der Waals surface area contributed by atoms with Gasteiger partial charge in [-0.3, -0.25) is 0 Å². The molecule has 92 valence electrons. The van der Waals surface area contributed by atoms with Crippen LogP contribution in [-0.4, -0.2) is 21.3 Å². The molecule has 1 heterocycles. The summed E-state index contributed by atoms with van der Waals surface area (Å²) in [6, 6.07) is 3.58. The minimum Gasteiger partial charge on any atom is -0.320 e. The maximum atomic E-state index is 13.1. The fraction of sp³-hybridized carbons (Fsp3) is 0.0909. The number of hydrogen-bond donors (Lipinski definition) is 3.